The van der Waals surface area contributed by atoms with Gasteiger partial charge in [0.05, 0.1) is 28.9 Å². The van der Waals surface area contributed by atoms with Crippen LogP contribution in [0, 0.1) is 34.4 Å². The Kier molecular flexibility index (Phi) is 7.98. The molecule has 6 rings (SSSR count). The highest BCUT2D eigenvalue weighted by molar-refractivity contribution is 6.90. The van der Waals surface area contributed by atoms with E-state index in [1.165, 1.54) is 23.4 Å². The second-order valence-electron chi connectivity index (χ2n) is 13.3. The number of aromatic nitrogens is 2. The predicted molar refractivity (Wildman–Crippen MR) is 179 cm³/mol. The molecule has 1 amide bonds. The SMILES string of the molecule is CC(C)[Si](C#Cc1c(F)ccc2cccc(-c3ncc4c(N5C[C@@H]6[C@H]5CCN6C(=O)O)c(C#N)cnc4c3F)c12)(C(C)C)C(C)C. The molecule has 0 spiro atoms. The Morgan fingerprint density at radius 1 is 1.02 bits per heavy atom. The number of halogens is 2. The van der Waals surface area contributed by atoms with Crippen molar-refractivity contribution in [2.45, 2.75) is 76.7 Å². The number of rotatable bonds is 5. The number of fused-ring (bicyclic) bond motifs is 3. The number of likely N-dealkylation sites (tertiary alicyclic amines) is 1. The zero-order valence-corrected chi connectivity index (χ0v) is 27.9. The normalized spacial score (nSPS) is 17.8. The van der Waals surface area contributed by atoms with Crippen LogP contribution in [0.25, 0.3) is 32.9 Å². The lowest BCUT2D eigenvalue weighted by Crippen LogP contribution is -2.63. The van der Waals surface area contributed by atoms with Crippen molar-refractivity contribution < 1.29 is 18.7 Å². The molecule has 2 aromatic carbocycles. The predicted octanol–water partition coefficient (Wildman–Crippen LogP) is 8.11. The van der Waals surface area contributed by atoms with E-state index in [4.69, 9.17) is 0 Å². The van der Waals surface area contributed by atoms with E-state index in [-0.39, 0.29) is 34.4 Å². The van der Waals surface area contributed by atoms with E-state index in [2.05, 4.69) is 69.0 Å². The fourth-order valence-corrected chi connectivity index (χ4v) is 13.3. The maximum absolute atomic E-state index is 16.6. The molecule has 236 valence electrons. The summed E-state index contributed by atoms with van der Waals surface area (Å²) < 4.78 is 32.3. The maximum Gasteiger partial charge on any atom is 0.407 e. The number of carbonyl (C=O) groups is 1. The van der Waals surface area contributed by atoms with E-state index in [0.717, 1.165) is 5.39 Å². The first-order chi connectivity index (χ1) is 21.9. The average Bonchev–Trinajstić information content (AvgIpc) is 3.34. The lowest BCUT2D eigenvalue weighted by Gasteiger charge is -2.48. The number of amides is 1. The molecule has 0 bridgehead atoms. The molecule has 2 saturated heterocycles. The second kappa shape index (κ2) is 11.7. The molecule has 0 aliphatic carbocycles. The van der Waals surface area contributed by atoms with Crippen LogP contribution in [0.15, 0.2) is 42.7 Å². The van der Waals surface area contributed by atoms with Gasteiger partial charge in [0, 0.05) is 41.8 Å². The van der Waals surface area contributed by atoms with E-state index in [0.29, 0.717) is 58.2 Å². The summed E-state index contributed by atoms with van der Waals surface area (Å²) in [6, 6.07) is 10.3. The van der Waals surface area contributed by atoms with Gasteiger partial charge in [0.1, 0.15) is 31.2 Å². The number of pyridine rings is 2. The van der Waals surface area contributed by atoms with Crippen molar-refractivity contribution in [1.29, 1.82) is 5.26 Å². The first-order valence-electron chi connectivity index (χ1n) is 15.8. The molecular weight excluding hydrogens is 601 g/mol. The minimum Gasteiger partial charge on any atom is -0.465 e. The van der Waals surface area contributed by atoms with Crippen molar-refractivity contribution in [2.75, 3.05) is 18.0 Å². The van der Waals surface area contributed by atoms with E-state index < -0.39 is 25.8 Å². The number of hydrogen-bond acceptors (Lipinski definition) is 5. The van der Waals surface area contributed by atoms with Crippen molar-refractivity contribution >= 4 is 41.5 Å². The number of nitriles is 1. The fourth-order valence-electron chi connectivity index (χ4n) is 8.08. The van der Waals surface area contributed by atoms with Gasteiger partial charge in [0.15, 0.2) is 5.82 Å². The van der Waals surface area contributed by atoms with Crippen LogP contribution in [0.5, 0.6) is 0 Å². The van der Waals surface area contributed by atoms with E-state index in [9.17, 15) is 15.2 Å². The summed E-state index contributed by atoms with van der Waals surface area (Å²) in [7, 11) is -2.20. The third kappa shape index (κ3) is 4.70. The number of hydrogen-bond donors (Lipinski definition) is 1. The zero-order chi connectivity index (χ0) is 33.1. The summed E-state index contributed by atoms with van der Waals surface area (Å²) in [4.78, 5) is 24.0. The molecular formula is C36H37F2N5O2Si. The third-order valence-corrected chi connectivity index (χ3v) is 16.6. The van der Waals surface area contributed by atoms with Crippen molar-refractivity contribution in [3.63, 3.8) is 0 Å². The Hall–Kier alpha value is -4.54. The molecule has 2 aliphatic heterocycles. The summed E-state index contributed by atoms with van der Waals surface area (Å²) in [5.74, 6) is 2.13. The Morgan fingerprint density at radius 3 is 2.39 bits per heavy atom. The largest absolute Gasteiger partial charge is 0.465 e. The molecule has 2 aromatic heterocycles. The van der Waals surface area contributed by atoms with Crippen LogP contribution in [0.2, 0.25) is 16.6 Å². The highest BCUT2D eigenvalue weighted by Crippen LogP contribution is 2.44. The van der Waals surface area contributed by atoms with Crippen LogP contribution < -0.4 is 4.90 Å². The summed E-state index contributed by atoms with van der Waals surface area (Å²) in [6.07, 6.45) is 2.52. The van der Waals surface area contributed by atoms with Crippen LogP contribution in [0.1, 0.15) is 59.1 Å². The van der Waals surface area contributed by atoms with Crippen LogP contribution in [0.3, 0.4) is 0 Å². The molecule has 4 heterocycles. The summed E-state index contributed by atoms with van der Waals surface area (Å²) in [5, 5.41) is 21.1. The molecule has 2 atom stereocenters. The van der Waals surface area contributed by atoms with Gasteiger partial charge in [0.25, 0.3) is 0 Å². The van der Waals surface area contributed by atoms with Gasteiger partial charge in [-0.05, 0) is 34.5 Å². The van der Waals surface area contributed by atoms with Gasteiger partial charge in [-0.15, -0.1) is 5.54 Å². The molecule has 10 heteroatoms. The van der Waals surface area contributed by atoms with Crippen molar-refractivity contribution in [3.8, 4) is 28.8 Å². The van der Waals surface area contributed by atoms with Crippen LogP contribution in [0.4, 0.5) is 19.3 Å². The smallest absolute Gasteiger partial charge is 0.407 e. The molecule has 2 fully saturated rings. The lowest BCUT2D eigenvalue weighted by molar-refractivity contribution is 0.129. The number of anilines is 1. The summed E-state index contributed by atoms with van der Waals surface area (Å²) in [5.41, 5.74) is 6.18. The van der Waals surface area contributed by atoms with Gasteiger partial charge in [0.2, 0.25) is 0 Å². The summed E-state index contributed by atoms with van der Waals surface area (Å²) in [6.45, 7) is 14.0. The van der Waals surface area contributed by atoms with E-state index >= 15 is 8.78 Å². The monoisotopic (exact) mass is 637 g/mol. The van der Waals surface area contributed by atoms with Crippen LogP contribution in [-0.4, -0.2) is 59.3 Å². The first kappa shape index (κ1) is 31.4. The first-order valence-corrected chi connectivity index (χ1v) is 18.0. The number of nitrogens with zero attached hydrogens (tertiary/aromatic N) is 5. The highest BCUT2D eigenvalue weighted by Gasteiger charge is 2.50. The molecule has 7 nitrogen and oxygen atoms in total. The molecule has 1 N–H and O–H groups in total. The molecule has 46 heavy (non-hydrogen) atoms. The molecule has 0 radical (unpaired) electrons. The molecule has 2 aliphatic rings. The number of carboxylic acid groups (broad SMARTS) is 1. The minimum atomic E-state index is -2.20. The van der Waals surface area contributed by atoms with Gasteiger partial charge in [-0.3, -0.25) is 9.97 Å². The Balaban J connectivity index is 1.52. The van der Waals surface area contributed by atoms with Crippen molar-refractivity contribution in [3.05, 3.63) is 65.5 Å². The van der Waals surface area contributed by atoms with Gasteiger partial charge in [-0.1, -0.05) is 71.7 Å². The average molecular weight is 638 g/mol. The topological polar surface area (TPSA) is 93.4 Å². The quantitative estimate of drug-likeness (QED) is 0.176. The lowest BCUT2D eigenvalue weighted by atomic mass is 9.93. The minimum absolute atomic E-state index is 0.0226. The van der Waals surface area contributed by atoms with Crippen LogP contribution >= 0.6 is 0 Å². The van der Waals surface area contributed by atoms with Gasteiger partial charge in [-0.2, -0.15) is 5.26 Å². The van der Waals surface area contributed by atoms with E-state index in [1.807, 2.05) is 11.0 Å². The molecule has 0 saturated carbocycles. The standard InChI is InChI=1S/C36H37F2N5O2Si/c1-20(2)46(21(3)4,22(5)6)15-13-25-28(37)11-10-23-8-7-9-26(31(23)25)33-32(38)34-27(18-41-33)35(24(16-39)17-40-34)43-19-30-29(43)12-14-42(30)36(44)45/h7-11,17-18,20-22,29-30H,12,14,19H2,1-6H3,(H,44,45)/t29-,30-/m1/s1. The fraction of sp³-hybridized carbons (Fsp3) is 0.389. The van der Waals surface area contributed by atoms with Crippen molar-refractivity contribution in [2.24, 2.45) is 0 Å². The van der Waals surface area contributed by atoms with Crippen molar-refractivity contribution in [1.82, 2.24) is 14.9 Å². The number of benzene rings is 2. The van der Waals surface area contributed by atoms with Gasteiger partial charge in [-0.25, -0.2) is 13.6 Å². The molecule has 4 aromatic rings. The van der Waals surface area contributed by atoms with E-state index in [1.54, 1.807) is 18.2 Å². The summed E-state index contributed by atoms with van der Waals surface area (Å²) >= 11 is 0. The Morgan fingerprint density at radius 2 is 1.74 bits per heavy atom. The second-order valence-corrected chi connectivity index (χ2v) is 18.9. The van der Waals surface area contributed by atoms with Crippen LogP contribution in [-0.2, 0) is 0 Å². The molecule has 0 unspecified atom stereocenters. The van der Waals surface area contributed by atoms with Gasteiger partial charge >= 0.3 is 6.09 Å². The Bertz CT molecular complexity index is 1970. The zero-order valence-electron chi connectivity index (χ0n) is 26.9. The highest BCUT2D eigenvalue weighted by atomic mass is 28.3. The maximum atomic E-state index is 16.6. The third-order valence-electron chi connectivity index (χ3n) is 10.3. The Labute approximate surface area is 268 Å². The van der Waals surface area contributed by atoms with Gasteiger partial charge < -0.3 is 14.9 Å².